The average molecular weight is 314 g/mol. The number of rotatable bonds is 8. The van der Waals surface area contributed by atoms with Crippen LogP contribution in [0.4, 0.5) is 5.82 Å². The summed E-state index contributed by atoms with van der Waals surface area (Å²) in [5.41, 5.74) is 1.98. The maximum absolute atomic E-state index is 11.5. The van der Waals surface area contributed by atoms with Crippen molar-refractivity contribution in [3.8, 4) is 0 Å². The average Bonchev–Trinajstić information content (AvgIpc) is 2.59. The van der Waals surface area contributed by atoms with Crippen molar-refractivity contribution in [2.45, 2.75) is 19.4 Å². The Morgan fingerprint density at radius 2 is 2.04 bits per heavy atom. The fourth-order valence-corrected chi connectivity index (χ4v) is 2.23. The minimum absolute atomic E-state index is 0.116. The van der Waals surface area contributed by atoms with E-state index >= 15 is 0 Å². The van der Waals surface area contributed by atoms with Gasteiger partial charge in [0.05, 0.1) is 6.61 Å². The van der Waals surface area contributed by atoms with Gasteiger partial charge in [0.2, 0.25) is 5.91 Å². The molecular weight excluding hydrogens is 292 g/mol. The van der Waals surface area contributed by atoms with E-state index in [4.69, 9.17) is 5.11 Å². The SMILES string of the molecule is CN(CCc1ccccn1)c1ncccc1CNC(=O)CCO. The topological polar surface area (TPSA) is 78.4 Å². The van der Waals surface area contributed by atoms with Crippen LogP contribution in [0.15, 0.2) is 42.7 Å². The molecule has 0 bridgehead atoms. The molecule has 0 atom stereocenters. The van der Waals surface area contributed by atoms with Gasteiger partial charge >= 0.3 is 0 Å². The maximum atomic E-state index is 11.5. The van der Waals surface area contributed by atoms with Crippen LogP contribution in [0.3, 0.4) is 0 Å². The van der Waals surface area contributed by atoms with Crippen LogP contribution in [0.5, 0.6) is 0 Å². The Labute approximate surface area is 136 Å². The molecule has 0 unspecified atom stereocenters. The maximum Gasteiger partial charge on any atom is 0.222 e. The van der Waals surface area contributed by atoms with Crippen molar-refractivity contribution in [3.05, 3.63) is 54.0 Å². The van der Waals surface area contributed by atoms with Gasteiger partial charge in [0.25, 0.3) is 0 Å². The Morgan fingerprint density at radius 1 is 1.22 bits per heavy atom. The van der Waals surface area contributed by atoms with Crippen LogP contribution in [0, 0.1) is 0 Å². The van der Waals surface area contributed by atoms with E-state index in [1.807, 2.05) is 37.4 Å². The third-order valence-electron chi connectivity index (χ3n) is 3.47. The number of amides is 1. The first-order chi connectivity index (χ1) is 11.2. The van der Waals surface area contributed by atoms with Crippen LogP contribution in [0.25, 0.3) is 0 Å². The molecule has 2 rings (SSSR count). The quantitative estimate of drug-likeness (QED) is 0.764. The smallest absolute Gasteiger partial charge is 0.222 e. The van der Waals surface area contributed by atoms with Crippen LogP contribution < -0.4 is 10.2 Å². The molecule has 0 aliphatic heterocycles. The van der Waals surface area contributed by atoms with Crippen LogP contribution in [-0.4, -0.2) is 41.2 Å². The van der Waals surface area contributed by atoms with Gasteiger partial charge in [-0.3, -0.25) is 9.78 Å². The van der Waals surface area contributed by atoms with Gasteiger partial charge in [0, 0.05) is 56.6 Å². The zero-order valence-corrected chi connectivity index (χ0v) is 13.3. The number of aromatic nitrogens is 2. The molecule has 2 N–H and O–H groups in total. The normalized spacial score (nSPS) is 10.3. The predicted molar refractivity (Wildman–Crippen MR) is 89.0 cm³/mol. The van der Waals surface area contributed by atoms with Crippen LogP contribution in [-0.2, 0) is 17.8 Å². The fraction of sp³-hybridized carbons (Fsp3) is 0.353. The van der Waals surface area contributed by atoms with Gasteiger partial charge in [-0.1, -0.05) is 12.1 Å². The number of likely N-dealkylation sites (N-methyl/N-ethyl adjacent to an activating group) is 1. The Bertz CT molecular complexity index is 619. The minimum atomic E-state index is -0.168. The van der Waals surface area contributed by atoms with Gasteiger partial charge in [0.15, 0.2) is 0 Å². The summed E-state index contributed by atoms with van der Waals surface area (Å²) in [4.78, 5) is 22.3. The number of nitrogens with zero attached hydrogens (tertiary/aromatic N) is 3. The van der Waals surface area contributed by atoms with Gasteiger partial charge < -0.3 is 15.3 Å². The summed E-state index contributed by atoms with van der Waals surface area (Å²) < 4.78 is 0. The largest absolute Gasteiger partial charge is 0.396 e. The molecule has 0 radical (unpaired) electrons. The lowest BCUT2D eigenvalue weighted by atomic mass is 10.2. The molecule has 2 heterocycles. The molecule has 0 aliphatic carbocycles. The number of anilines is 1. The molecule has 0 aliphatic rings. The summed E-state index contributed by atoms with van der Waals surface area (Å²) in [5.74, 6) is 0.672. The van der Waals surface area contributed by atoms with Crippen LogP contribution in [0.1, 0.15) is 17.7 Å². The Balaban J connectivity index is 1.96. The van der Waals surface area contributed by atoms with Crippen LogP contribution in [0.2, 0.25) is 0 Å². The number of pyridine rings is 2. The zero-order chi connectivity index (χ0) is 16.5. The highest BCUT2D eigenvalue weighted by Crippen LogP contribution is 2.16. The lowest BCUT2D eigenvalue weighted by molar-refractivity contribution is -0.121. The predicted octanol–water partition coefficient (Wildman–Crippen LogP) is 1.15. The molecule has 23 heavy (non-hydrogen) atoms. The van der Waals surface area contributed by atoms with E-state index in [0.29, 0.717) is 6.54 Å². The first-order valence-corrected chi connectivity index (χ1v) is 7.63. The number of carbonyl (C=O) groups is 1. The molecule has 1 amide bonds. The number of aliphatic hydroxyl groups excluding tert-OH is 1. The van der Waals surface area contributed by atoms with Crippen molar-refractivity contribution in [2.75, 3.05) is 25.1 Å². The van der Waals surface area contributed by atoms with Crippen LogP contribution >= 0.6 is 0 Å². The van der Waals surface area contributed by atoms with Gasteiger partial charge in [-0.05, 0) is 18.2 Å². The van der Waals surface area contributed by atoms with Crippen molar-refractivity contribution in [1.82, 2.24) is 15.3 Å². The second-order valence-corrected chi connectivity index (χ2v) is 5.23. The molecule has 6 heteroatoms. The Kier molecular flexibility index (Phi) is 6.50. The van der Waals surface area contributed by atoms with Gasteiger partial charge in [0.1, 0.15) is 5.82 Å². The first kappa shape index (κ1) is 16.9. The number of hydrogen-bond acceptors (Lipinski definition) is 5. The van der Waals surface area contributed by atoms with E-state index in [-0.39, 0.29) is 18.9 Å². The lowest BCUT2D eigenvalue weighted by Crippen LogP contribution is -2.27. The van der Waals surface area contributed by atoms with Gasteiger partial charge in [-0.15, -0.1) is 0 Å². The summed E-state index contributed by atoms with van der Waals surface area (Å²) in [6.45, 7) is 1.04. The molecular formula is C17H22N4O2. The number of hydrogen-bond donors (Lipinski definition) is 2. The van der Waals surface area contributed by atoms with Gasteiger partial charge in [-0.2, -0.15) is 0 Å². The third-order valence-corrected chi connectivity index (χ3v) is 3.47. The monoisotopic (exact) mass is 314 g/mol. The van der Waals surface area contributed by atoms with Crippen molar-refractivity contribution >= 4 is 11.7 Å². The summed E-state index contributed by atoms with van der Waals surface area (Å²) in [5, 5.41) is 11.6. The summed E-state index contributed by atoms with van der Waals surface area (Å²) in [6, 6.07) is 9.68. The fourth-order valence-electron chi connectivity index (χ4n) is 2.23. The summed E-state index contributed by atoms with van der Waals surface area (Å²) >= 11 is 0. The van der Waals surface area contributed by atoms with E-state index in [1.165, 1.54) is 0 Å². The molecule has 0 spiro atoms. The number of carbonyl (C=O) groups excluding carboxylic acids is 1. The second-order valence-electron chi connectivity index (χ2n) is 5.23. The molecule has 2 aromatic rings. The van der Waals surface area contributed by atoms with E-state index < -0.39 is 0 Å². The molecule has 0 fully saturated rings. The molecule has 0 saturated heterocycles. The Morgan fingerprint density at radius 3 is 2.78 bits per heavy atom. The van der Waals surface area contributed by atoms with Crippen molar-refractivity contribution < 1.29 is 9.90 Å². The summed E-state index contributed by atoms with van der Waals surface area (Å²) in [7, 11) is 1.98. The highest BCUT2D eigenvalue weighted by Gasteiger charge is 2.10. The molecule has 2 aromatic heterocycles. The highest BCUT2D eigenvalue weighted by atomic mass is 16.3. The van der Waals surface area contributed by atoms with E-state index in [2.05, 4.69) is 20.2 Å². The minimum Gasteiger partial charge on any atom is -0.396 e. The van der Waals surface area contributed by atoms with Crippen molar-refractivity contribution in [2.24, 2.45) is 0 Å². The Hall–Kier alpha value is -2.47. The lowest BCUT2D eigenvalue weighted by Gasteiger charge is -2.21. The zero-order valence-electron chi connectivity index (χ0n) is 13.3. The van der Waals surface area contributed by atoms with E-state index in [9.17, 15) is 4.79 Å². The van der Waals surface area contributed by atoms with Gasteiger partial charge in [-0.25, -0.2) is 4.98 Å². The molecule has 122 valence electrons. The second kappa shape index (κ2) is 8.85. The van der Waals surface area contributed by atoms with Crippen molar-refractivity contribution in [1.29, 1.82) is 0 Å². The number of aliphatic hydroxyl groups is 1. The highest BCUT2D eigenvalue weighted by molar-refractivity contribution is 5.76. The first-order valence-electron chi connectivity index (χ1n) is 7.63. The van der Waals surface area contributed by atoms with E-state index in [0.717, 1.165) is 30.0 Å². The standard InChI is InChI=1S/C17H22N4O2/c1-21(11-7-15-6-2-3-9-18-15)17-14(5-4-10-19-17)13-20-16(23)8-12-22/h2-6,9-10,22H,7-8,11-13H2,1H3,(H,20,23). The number of nitrogens with one attached hydrogen (secondary N) is 1. The third kappa shape index (κ3) is 5.34. The summed E-state index contributed by atoms with van der Waals surface area (Å²) in [6.07, 6.45) is 4.47. The van der Waals surface area contributed by atoms with E-state index in [1.54, 1.807) is 12.4 Å². The van der Waals surface area contributed by atoms with Crippen molar-refractivity contribution in [3.63, 3.8) is 0 Å². The molecule has 6 nitrogen and oxygen atoms in total. The molecule has 0 aromatic carbocycles. The molecule has 0 saturated carbocycles.